The number of anilines is 1. The Bertz CT molecular complexity index is 1240. The number of benzene rings is 2. The van der Waals surface area contributed by atoms with Gasteiger partial charge >= 0.3 is 12.1 Å². The van der Waals surface area contributed by atoms with Crippen molar-refractivity contribution in [1.29, 1.82) is 0 Å². The van der Waals surface area contributed by atoms with Crippen molar-refractivity contribution in [3.8, 4) is 0 Å². The Morgan fingerprint density at radius 1 is 1.16 bits per heavy atom. The molecule has 3 aromatic rings. The number of rotatable bonds is 7. The van der Waals surface area contributed by atoms with Gasteiger partial charge in [0.25, 0.3) is 5.60 Å². The molecule has 32 heavy (non-hydrogen) atoms. The summed E-state index contributed by atoms with van der Waals surface area (Å²) in [6, 6.07) is 12.6. The normalized spacial score (nSPS) is 14.2. The number of halogens is 3. The molecule has 7 nitrogen and oxygen atoms in total. The molecule has 0 radical (unpaired) electrons. The Balaban J connectivity index is 2.27. The molecule has 172 valence electrons. The lowest BCUT2D eigenvalue weighted by atomic mass is 9.92. The van der Waals surface area contributed by atoms with Crippen molar-refractivity contribution in [1.82, 2.24) is 4.57 Å². The maximum absolute atomic E-state index is 14.0. The summed E-state index contributed by atoms with van der Waals surface area (Å²) in [6.07, 6.45) is -3.39. The highest BCUT2D eigenvalue weighted by Gasteiger charge is 2.63. The van der Waals surface area contributed by atoms with E-state index in [4.69, 9.17) is 0 Å². The van der Waals surface area contributed by atoms with Crippen molar-refractivity contribution in [2.24, 2.45) is 0 Å². The van der Waals surface area contributed by atoms with E-state index in [0.717, 1.165) is 18.0 Å². The highest BCUT2D eigenvalue weighted by atomic mass is 32.2. The smallest absolute Gasteiger partial charge is 0.432 e. The van der Waals surface area contributed by atoms with Crippen LogP contribution in [0.4, 0.5) is 18.9 Å². The van der Waals surface area contributed by atoms with Crippen molar-refractivity contribution in [2.45, 2.75) is 25.2 Å². The molecule has 1 unspecified atom stereocenters. The van der Waals surface area contributed by atoms with E-state index in [2.05, 4.69) is 9.46 Å². The van der Waals surface area contributed by atoms with Gasteiger partial charge in [-0.05, 0) is 24.6 Å². The van der Waals surface area contributed by atoms with Crippen molar-refractivity contribution in [2.75, 3.05) is 17.6 Å². The minimum atomic E-state index is -5.37. The van der Waals surface area contributed by atoms with Crippen LogP contribution in [-0.2, 0) is 31.7 Å². The van der Waals surface area contributed by atoms with Crippen LogP contribution in [0.15, 0.2) is 54.7 Å². The molecule has 11 heteroatoms. The first kappa shape index (κ1) is 23.6. The number of nitrogens with one attached hydrogen (secondary N) is 1. The fourth-order valence-corrected chi connectivity index (χ4v) is 3.94. The number of hydrogen-bond acceptors (Lipinski definition) is 5. The van der Waals surface area contributed by atoms with Crippen molar-refractivity contribution < 1.29 is 36.2 Å². The lowest BCUT2D eigenvalue weighted by molar-refractivity contribution is -0.267. The summed E-state index contributed by atoms with van der Waals surface area (Å²) in [5.41, 5.74) is -3.57. The third-order valence-corrected chi connectivity index (χ3v) is 5.36. The van der Waals surface area contributed by atoms with Crippen LogP contribution in [0.25, 0.3) is 10.9 Å². The van der Waals surface area contributed by atoms with E-state index in [9.17, 15) is 31.5 Å². The molecule has 0 saturated heterocycles. The Hall–Kier alpha value is -3.05. The first-order valence-electron chi connectivity index (χ1n) is 9.48. The quantitative estimate of drug-likeness (QED) is 0.516. The molecule has 0 aliphatic heterocycles. The van der Waals surface area contributed by atoms with Crippen LogP contribution in [0.1, 0.15) is 18.1 Å². The average Bonchev–Trinajstić information content (AvgIpc) is 3.04. The summed E-state index contributed by atoms with van der Waals surface area (Å²) < 4.78 is 73.4. The molecule has 2 aromatic carbocycles. The highest BCUT2D eigenvalue weighted by molar-refractivity contribution is 7.92. The lowest BCUT2D eigenvalue weighted by Gasteiger charge is -2.27. The minimum absolute atomic E-state index is 0.0761. The van der Waals surface area contributed by atoms with Gasteiger partial charge in [-0.15, -0.1) is 0 Å². The third kappa shape index (κ3) is 4.58. The number of carbonyl (C=O) groups is 1. The first-order valence-corrected chi connectivity index (χ1v) is 11.4. The van der Waals surface area contributed by atoms with Crippen LogP contribution < -0.4 is 4.72 Å². The van der Waals surface area contributed by atoms with Crippen LogP contribution in [-0.4, -0.2) is 43.1 Å². The SMILES string of the molecule is CCOC(=O)C(O)(c1cn(Cc2ccccc2)c2cc(NS(C)(=O)=O)ccc12)C(F)(F)F. The van der Waals surface area contributed by atoms with Gasteiger partial charge in [0.2, 0.25) is 10.0 Å². The number of alkyl halides is 3. The number of fused-ring (bicyclic) bond motifs is 1. The van der Waals surface area contributed by atoms with Gasteiger partial charge in [0, 0.05) is 23.7 Å². The van der Waals surface area contributed by atoms with Crippen LogP contribution in [0, 0.1) is 0 Å². The van der Waals surface area contributed by atoms with Crippen molar-refractivity contribution >= 4 is 32.6 Å². The van der Waals surface area contributed by atoms with Crippen molar-refractivity contribution in [3.05, 3.63) is 65.9 Å². The first-order chi connectivity index (χ1) is 14.9. The number of aliphatic hydroxyl groups is 1. The van der Waals surface area contributed by atoms with Gasteiger partial charge in [-0.3, -0.25) is 4.72 Å². The molecule has 0 saturated carbocycles. The molecule has 0 fully saturated rings. The summed E-state index contributed by atoms with van der Waals surface area (Å²) in [6.45, 7) is 1.08. The van der Waals surface area contributed by atoms with Gasteiger partial charge < -0.3 is 14.4 Å². The number of carbonyl (C=O) groups excluding carboxylic acids is 1. The van der Waals surface area contributed by atoms with E-state index in [0.29, 0.717) is 0 Å². The topological polar surface area (TPSA) is 97.6 Å². The fourth-order valence-electron chi connectivity index (χ4n) is 3.38. The standard InChI is InChI=1S/C21H21F3N2O5S/c1-3-31-19(27)20(28,21(22,23)24)17-13-26(12-14-7-5-4-6-8-14)18-11-15(9-10-16(17)18)25-32(2,29)30/h4-11,13,25,28H,3,12H2,1-2H3. The number of nitrogens with zero attached hydrogens (tertiary/aromatic N) is 1. The third-order valence-electron chi connectivity index (χ3n) is 4.75. The molecule has 2 N–H and O–H groups in total. The Morgan fingerprint density at radius 2 is 1.81 bits per heavy atom. The van der Waals surface area contributed by atoms with Crippen LogP contribution in [0.3, 0.4) is 0 Å². The highest BCUT2D eigenvalue weighted by Crippen LogP contribution is 2.44. The molecule has 3 rings (SSSR count). The molecule has 0 amide bonds. The molecule has 0 aliphatic rings. The average molecular weight is 470 g/mol. The number of esters is 1. The molecule has 1 atom stereocenters. The molecule has 1 heterocycles. The van der Waals surface area contributed by atoms with Gasteiger partial charge in [-0.1, -0.05) is 36.4 Å². The van der Waals surface area contributed by atoms with Crippen LogP contribution in [0.2, 0.25) is 0 Å². The Kier molecular flexibility index (Phi) is 6.25. The molecular weight excluding hydrogens is 449 g/mol. The largest absolute Gasteiger partial charge is 0.463 e. The van der Waals surface area contributed by atoms with Crippen LogP contribution >= 0.6 is 0 Å². The molecule has 0 aliphatic carbocycles. The number of aromatic nitrogens is 1. The van der Waals surface area contributed by atoms with E-state index in [1.807, 2.05) is 0 Å². The van der Waals surface area contributed by atoms with E-state index < -0.39 is 33.3 Å². The molecule has 0 bridgehead atoms. The second-order valence-corrected chi connectivity index (χ2v) is 8.94. The minimum Gasteiger partial charge on any atom is -0.463 e. The summed E-state index contributed by atoms with van der Waals surface area (Å²) in [7, 11) is -3.65. The summed E-state index contributed by atoms with van der Waals surface area (Å²) in [5, 5.41) is 10.6. The molecule has 0 spiro atoms. The summed E-state index contributed by atoms with van der Waals surface area (Å²) >= 11 is 0. The number of sulfonamides is 1. The zero-order chi connectivity index (χ0) is 23.7. The van der Waals surface area contributed by atoms with Gasteiger partial charge in [0.15, 0.2) is 0 Å². The fraction of sp³-hybridized carbons (Fsp3) is 0.286. The van der Waals surface area contributed by atoms with E-state index in [-0.39, 0.29) is 29.7 Å². The summed E-state index contributed by atoms with van der Waals surface area (Å²) in [5.74, 6) is -1.84. The molecular formula is C21H21F3N2O5S. The monoisotopic (exact) mass is 470 g/mol. The van der Waals surface area contributed by atoms with E-state index in [1.165, 1.54) is 29.7 Å². The second-order valence-electron chi connectivity index (χ2n) is 7.19. The predicted octanol–water partition coefficient (Wildman–Crippen LogP) is 3.37. The maximum Gasteiger partial charge on any atom is 0.432 e. The van der Waals surface area contributed by atoms with Gasteiger partial charge in [-0.2, -0.15) is 13.2 Å². The van der Waals surface area contributed by atoms with E-state index >= 15 is 0 Å². The van der Waals surface area contributed by atoms with Gasteiger partial charge in [0.1, 0.15) is 0 Å². The van der Waals surface area contributed by atoms with Crippen LogP contribution in [0.5, 0.6) is 0 Å². The van der Waals surface area contributed by atoms with E-state index in [1.54, 1.807) is 30.3 Å². The zero-order valence-electron chi connectivity index (χ0n) is 17.2. The van der Waals surface area contributed by atoms with Gasteiger partial charge in [-0.25, -0.2) is 13.2 Å². The Morgan fingerprint density at radius 3 is 2.38 bits per heavy atom. The number of ether oxygens (including phenoxy) is 1. The molecule has 1 aromatic heterocycles. The number of hydrogen-bond donors (Lipinski definition) is 2. The second kappa shape index (κ2) is 8.47. The summed E-state index contributed by atoms with van der Waals surface area (Å²) in [4.78, 5) is 12.3. The Labute approximate surface area is 182 Å². The van der Waals surface area contributed by atoms with Crippen molar-refractivity contribution in [3.63, 3.8) is 0 Å². The maximum atomic E-state index is 14.0. The predicted molar refractivity (Wildman–Crippen MR) is 113 cm³/mol. The van der Waals surface area contributed by atoms with Gasteiger partial charge in [0.05, 0.1) is 24.1 Å². The lowest BCUT2D eigenvalue weighted by Crippen LogP contribution is -2.50. The zero-order valence-corrected chi connectivity index (χ0v) is 18.0.